The Morgan fingerprint density at radius 3 is 2.60 bits per heavy atom. The lowest BCUT2D eigenvalue weighted by molar-refractivity contribution is 0.554. The standard InChI is InChI=1S/C17H23N3/c1-11-6-7-14(12(2)10-11)20-16-13(8-9-18-16)15(19-20)17(3,4)5/h6-7,10,18H,8-9H2,1-5H3. The highest BCUT2D eigenvalue weighted by molar-refractivity contribution is 5.59. The van der Waals surface area contributed by atoms with Gasteiger partial charge in [0.05, 0.1) is 11.4 Å². The number of benzene rings is 1. The van der Waals surface area contributed by atoms with Crippen molar-refractivity contribution in [1.82, 2.24) is 9.78 Å². The fourth-order valence-corrected chi connectivity index (χ4v) is 2.99. The van der Waals surface area contributed by atoms with Crippen LogP contribution >= 0.6 is 0 Å². The summed E-state index contributed by atoms with van der Waals surface area (Å²) >= 11 is 0. The maximum absolute atomic E-state index is 4.92. The minimum Gasteiger partial charge on any atom is -0.369 e. The fraction of sp³-hybridized carbons (Fsp3) is 0.471. The third kappa shape index (κ3) is 2.01. The van der Waals surface area contributed by atoms with Crippen LogP contribution in [0.4, 0.5) is 5.82 Å². The van der Waals surface area contributed by atoms with Crippen LogP contribution in [0.3, 0.4) is 0 Å². The second kappa shape index (κ2) is 4.37. The van der Waals surface area contributed by atoms with Gasteiger partial charge in [0.25, 0.3) is 0 Å². The van der Waals surface area contributed by atoms with E-state index in [0.29, 0.717) is 0 Å². The fourth-order valence-electron chi connectivity index (χ4n) is 2.99. The minimum atomic E-state index is 0.0833. The van der Waals surface area contributed by atoms with Crippen LogP contribution in [0.2, 0.25) is 0 Å². The molecule has 1 aliphatic rings. The van der Waals surface area contributed by atoms with Crippen LogP contribution in [0.5, 0.6) is 0 Å². The first-order valence-corrected chi connectivity index (χ1v) is 7.32. The number of anilines is 1. The Balaban J connectivity index is 2.20. The van der Waals surface area contributed by atoms with Crippen molar-refractivity contribution in [3.05, 3.63) is 40.6 Å². The summed E-state index contributed by atoms with van der Waals surface area (Å²) in [7, 11) is 0. The van der Waals surface area contributed by atoms with Crippen molar-refractivity contribution in [3.63, 3.8) is 0 Å². The predicted molar refractivity (Wildman–Crippen MR) is 83.9 cm³/mol. The summed E-state index contributed by atoms with van der Waals surface area (Å²) in [6, 6.07) is 6.54. The molecule has 3 heteroatoms. The van der Waals surface area contributed by atoms with Gasteiger partial charge in [0, 0.05) is 17.5 Å². The van der Waals surface area contributed by atoms with Gasteiger partial charge in [-0.25, -0.2) is 4.68 Å². The van der Waals surface area contributed by atoms with Gasteiger partial charge < -0.3 is 5.32 Å². The topological polar surface area (TPSA) is 29.9 Å². The number of hydrogen-bond donors (Lipinski definition) is 1. The van der Waals surface area contributed by atoms with Gasteiger partial charge in [-0.15, -0.1) is 0 Å². The third-order valence-corrected chi connectivity index (χ3v) is 3.94. The molecule has 2 heterocycles. The first-order chi connectivity index (χ1) is 9.38. The molecule has 20 heavy (non-hydrogen) atoms. The zero-order valence-corrected chi connectivity index (χ0v) is 13.0. The van der Waals surface area contributed by atoms with Crippen LogP contribution in [-0.2, 0) is 11.8 Å². The molecular formula is C17H23N3. The smallest absolute Gasteiger partial charge is 0.133 e. The summed E-state index contributed by atoms with van der Waals surface area (Å²) in [6.45, 7) is 12.0. The van der Waals surface area contributed by atoms with Crippen LogP contribution in [0.25, 0.3) is 5.69 Å². The van der Waals surface area contributed by atoms with Crippen molar-refractivity contribution in [2.24, 2.45) is 0 Å². The molecular weight excluding hydrogens is 246 g/mol. The lowest BCUT2D eigenvalue weighted by atomic mass is 9.89. The normalized spacial score (nSPS) is 14.2. The van der Waals surface area contributed by atoms with Gasteiger partial charge in [-0.05, 0) is 31.9 Å². The lowest BCUT2D eigenvalue weighted by Crippen LogP contribution is -2.15. The molecule has 0 spiro atoms. The Morgan fingerprint density at radius 2 is 1.95 bits per heavy atom. The lowest BCUT2D eigenvalue weighted by Gasteiger charge is -2.16. The number of aryl methyl sites for hydroxylation is 2. The van der Waals surface area contributed by atoms with Crippen LogP contribution < -0.4 is 5.32 Å². The van der Waals surface area contributed by atoms with Crippen molar-refractivity contribution in [2.45, 2.75) is 46.5 Å². The molecule has 0 amide bonds. The molecule has 1 aliphatic heterocycles. The highest BCUT2D eigenvalue weighted by atomic mass is 15.3. The monoisotopic (exact) mass is 269 g/mol. The Hall–Kier alpha value is -1.77. The zero-order chi connectivity index (χ0) is 14.5. The van der Waals surface area contributed by atoms with Gasteiger partial charge in [-0.2, -0.15) is 5.10 Å². The summed E-state index contributed by atoms with van der Waals surface area (Å²) in [5.41, 5.74) is 6.43. The molecule has 0 unspecified atom stereocenters. The van der Waals surface area contributed by atoms with Crippen molar-refractivity contribution < 1.29 is 0 Å². The molecule has 3 rings (SSSR count). The average molecular weight is 269 g/mol. The highest BCUT2D eigenvalue weighted by Gasteiger charge is 2.29. The molecule has 0 atom stereocenters. The molecule has 0 radical (unpaired) electrons. The van der Waals surface area contributed by atoms with E-state index in [2.05, 4.69) is 62.8 Å². The summed E-state index contributed by atoms with van der Waals surface area (Å²) in [4.78, 5) is 0. The summed E-state index contributed by atoms with van der Waals surface area (Å²) in [5, 5.41) is 8.42. The van der Waals surface area contributed by atoms with Gasteiger partial charge >= 0.3 is 0 Å². The summed E-state index contributed by atoms with van der Waals surface area (Å²) < 4.78 is 2.09. The van der Waals surface area contributed by atoms with E-state index >= 15 is 0 Å². The Morgan fingerprint density at radius 1 is 1.20 bits per heavy atom. The van der Waals surface area contributed by atoms with Gasteiger partial charge in [0.1, 0.15) is 5.82 Å². The van der Waals surface area contributed by atoms with Crippen LogP contribution in [0, 0.1) is 13.8 Å². The number of aromatic nitrogens is 2. The molecule has 0 bridgehead atoms. The summed E-state index contributed by atoms with van der Waals surface area (Å²) in [6.07, 6.45) is 1.08. The van der Waals surface area contributed by atoms with Crippen molar-refractivity contribution in [2.75, 3.05) is 11.9 Å². The molecule has 1 aromatic heterocycles. The highest BCUT2D eigenvalue weighted by Crippen LogP contribution is 2.35. The van der Waals surface area contributed by atoms with Crippen molar-refractivity contribution in [3.8, 4) is 5.69 Å². The third-order valence-electron chi connectivity index (χ3n) is 3.94. The van der Waals surface area contributed by atoms with Crippen molar-refractivity contribution >= 4 is 5.82 Å². The van der Waals surface area contributed by atoms with Crippen LogP contribution in [0.1, 0.15) is 43.2 Å². The van der Waals surface area contributed by atoms with E-state index in [9.17, 15) is 0 Å². The van der Waals surface area contributed by atoms with Crippen LogP contribution in [0.15, 0.2) is 18.2 Å². The maximum Gasteiger partial charge on any atom is 0.133 e. The zero-order valence-electron chi connectivity index (χ0n) is 13.0. The van der Waals surface area contributed by atoms with E-state index in [4.69, 9.17) is 5.10 Å². The Bertz CT molecular complexity index is 660. The van der Waals surface area contributed by atoms with E-state index in [1.54, 1.807) is 0 Å². The summed E-state index contributed by atoms with van der Waals surface area (Å²) in [5.74, 6) is 1.18. The number of fused-ring (bicyclic) bond motifs is 1. The molecule has 2 aromatic rings. The van der Waals surface area contributed by atoms with Gasteiger partial charge in [0.2, 0.25) is 0 Å². The number of hydrogen-bond acceptors (Lipinski definition) is 2. The van der Waals surface area contributed by atoms with E-state index < -0.39 is 0 Å². The molecule has 0 saturated heterocycles. The van der Waals surface area contributed by atoms with Gasteiger partial charge in [-0.1, -0.05) is 38.5 Å². The number of nitrogens with one attached hydrogen (secondary N) is 1. The molecule has 0 saturated carbocycles. The van der Waals surface area contributed by atoms with Crippen molar-refractivity contribution in [1.29, 1.82) is 0 Å². The Kier molecular flexibility index (Phi) is 2.89. The maximum atomic E-state index is 4.92. The van der Waals surface area contributed by atoms with E-state index in [1.807, 2.05) is 0 Å². The molecule has 0 aliphatic carbocycles. The number of nitrogens with zero attached hydrogens (tertiary/aromatic N) is 2. The largest absolute Gasteiger partial charge is 0.369 e. The molecule has 0 fully saturated rings. The van der Waals surface area contributed by atoms with Gasteiger partial charge in [-0.3, -0.25) is 0 Å². The molecule has 1 N–H and O–H groups in total. The van der Waals surface area contributed by atoms with E-state index in [-0.39, 0.29) is 5.41 Å². The van der Waals surface area contributed by atoms with E-state index in [0.717, 1.165) is 13.0 Å². The predicted octanol–water partition coefficient (Wildman–Crippen LogP) is 3.75. The molecule has 106 valence electrons. The second-order valence-electron chi connectivity index (χ2n) is 6.80. The minimum absolute atomic E-state index is 0.0833. The first kappa shape index (κ1) is 13.2. The number of rotatable bonds is 1. The quantitative estimate of drug-likeness (QED) is 0.854. The SMILES string of the molecule is Cc1ccc(-n2nc(C(C)(C)C)c3c2NCC3)c(C)c1. The molecule has 3 nitrogen and oxygen atoms in total. The average Bonchev–Trinajstić information content (AvgIpc) is 2.89. The second-order valence-corrected chi connectivity index (χ2v) is 6.80. The van der Waals surface area contributed by atoms with Gasteiger partial charge in [0.15, 0.2) is 0 Å². The van der Waals surface area contributed by atoms with E-state index in [1.165, 1.54) is 33.9 Å². The Labute approximate surface area is 121 Å². The first-order valence-electron chi connectivity index (χ1n) is 7.32. The molecule has 1 aromatic carbocycles. The van der Waals surface area contributed by atoms with Crippen LogP contribution in [-0.4, -0.2) is 16.3 Å².